The summed E-state index contributed by atoms with van der Waals surface area (Å²) in [6, 6.07) is 1.94. The number of benzene rings is 1. The van der Waals surface area contributed by atoms with Crippen LogP contribution >= 0.6 is 0 Å². The second-order valence-corrected chi connectivity index (χ2v) is 3.55. The molecule has 1 atom stereocenters. The molecule has 0 aliphatic heterocycles. The molecule has 0 N–H and O–H groups in total. The molecule has 0 saturated carbocycles. The van der Waals surface area contributed by atoms with Crippen molar-refractivity contribution in [1.82, 2.24) is 0 Å². The molecule has 0 spiro atoms. The summed E-state index contributed by atoms with van der Waals surface area (Å²) >= 11 is 0. The first-order valence-corrected chi connectivity index (χ1v) is 4.80. The van der Waals surface area contributed by atoms with Crippen LogP contribution in [0.1, 0.15) is 11.1 Å². The van der Waals surface area contributed by atoms with E-state index in [4.69, 9.17) is 0 Å². The molecule has 18 heavy (non-hydrogen) atoms. The van der Waals surface area contributed by atoms with E-state index in [-0.39, 0.29) is 0 Å². The lowest BCUT2D eigenvalue weighted by atomic mass is 10.0. The molecule has 0 fully saturated rings. The van der Waals surface area contributed by atoms with Crippen LogP contribution in [0.3, 0.4) is 0 Å². The maximum absolute atomic E-state index is 12.8. The minimum absolute atomic E-state index is 0.320. The van der Waals surface area contributed by atoms with Crippen LogP contribution in [-0.2, 0) is 12.6 Å². The fourth-order valence-electron chi connectivity index (χ4n) is 1.41. The predicted molar refractivity (Wildman–Crippen MR) is 52.7 cm³/mol. The Morgan fingerprint density at radius 2 is 1.94 bits per heavy atom. The van der Waals surface area contributed by atoms with E-state index in [1.165, 1.54) is 0 Å². The van der Waals surface area contributed by atoms with E-state index in [0.717, 1.165) is 12.1 Å². The van der Waals surface area contributed by atoms with Gasteiger partial charge in [-0.1, -0.05) is 6.07 Å². The molecule has 0 aromatic heterocycles. The van der Waals surface area contributed by atoms with E-state index >= 15 is 0 Å². The number of hydrogen-bond donors (Lipinski definition) is 0. The summed E-state index contributed by atoms with van der Waals surface area (Å²) in [6.45, 7) is -1.41. The maximum atomic E-state index is 12.8. The first-order chi connectivity index (χ1) is 8.25. The fourth-order valence-corrected chi connectivity index (χ4v) is 1.41. The van der Waals surface area contributed by atoms with Crippen LogP contribution in [0.2, 0.25) is 0 Å². The molecule has 0 bridgehead atoms. The van der Waals surface area contributed by atoms with Crippen molar-refractivity contribution in [2.75, 3.05) is 6.67 Å². The number of nitrogens with zero attached hydrogens (tertiary/aromatic N) is 1. The predicted octanol–water partition coefficient (Wildman–Crippen LogP) is 3.46. The van der Waals surface area contributed by atoms with Gasteiger partial charge in [-0.3, -0.25) is 10.1 Å². The third kappa shape index (κ3) is 3.38. The van der Waals surface area contributed by atoms with Crippen LogP contribution < -0.4 is 0 Å². The van der Waals surface area contributed by atoms with E-state index < -0.39 is 47.2 Å². The van der Waals surface area contributed by atoms with Crippen molar-refractivity contribution in [2.24, 2.45) is 0 Å². The van der Waals surface area contributed by atoms with Gasteiger partial charge in [0.2, 0.25) is 0 Å². The lowest BCUT2D eigenvalue weighted by Gasteiger charge is -2.13. The Bertz CT molecular complexity index is 446. The smallest absolute Gasteiger partial charge is 0.258 e. The molecule has 1 aromatic carbocycles. The highest BCUT2D eigenvalue weighted by molar-refractivity contribution is 5.41. The molecular formula is C10H8F5NO2. The highest BCUT2D eigenvalue weighted by atomic mass is 19.4. The third-order valence-corrected chi connectivity index (χ3v) is 2.22. The Morgan fingerprint density at radius 3 is 2.39 bits per heavy atom. The number of rotatable bonds is 4. The highest BCUT2D eigenvalue weighted by Gasteiger charge is 2.35. The van der Waals surface area contributed by atoms with Crippen molar-refractivity contribution in [1.29, 1.82) is 0 Å². The summed E-state index contributed by atoms with van der Waals surface area (Å²) in [6.07, 6.45) is -7.69. The normalized spacial score (nSPS) is 13.4. The van der Waals surface area contributed by atoms with Gasteiger partial charge in [0, 0.05) is 18.6 Å². The van der Waals surface area contributed by atoms with Gasteiger partial charge in [0.05, 0.1) is 10.5 Å². The van der Waals surface area contributed by atoms with Gasteiger partial charge in [-0.2, -0.15) is 13.2 Å². The van der Waals surface area contributed by atoms with Crippen molar-refractivity contribution < 1.29 is 26.9 Å². The van der Waals surface area contributed by atoms with Crippen LogP contribution in [0.15, 0.2) is 18.2 Å². The van der Waals surface area contributed by atoms with Crippen LogP contribution in [0.5, 0.6) is 0 Å². The van der Waals surface area contributed by atoms with Crippen LogP contribution in [0, 0.1) is 10.1 Å². The van der Waals surface area contributed by atoms with Gasteiger partial charge >= 0.3 is 6.18 Å². The quantitative estimate of drug-likeness (QED) is 0.477. The topological polar surface area (TPSA) is 43.1 Å². The lowest BCUT2D eigenvalue weighted by Crippen LogP contribution is -2.14. The summed E-state index contributed by atoms with van der Waals surface area (Å²) in [4.78, 5) is 9.39. The Labute approximate surface area is 98.4 Å². The van der Waals surface area contributed by atoms with Crippen molar-refractivity contribution in [2.45, 2.75) is 18.8 Å². The number of nitro benzene ring substituents is 1. The zero-order valence-electron chi connectivity index (χ0n) is 8.88. The minimum atomic E-state index is -4.85. The van der Waals surface area contributed by atoms with E-state index in [9.17, 15) is 32.1 Å². The van der Waals surface area contributed by atoms with Crippen molar-refractivity contribution >= 4 is 5.69 Å². The van der Waals surface area contributed by atoms with Gasteiger partial charge in [0.1, 0.15) is 12.8 Å². The first kappa shape index (κ1) is 14.3. The van der Waals surface area contributed by atoms with Gasteiger partial charge < -0.3 is 0 Å². The number of alkyl halides is 5. The Balaban J connectivity index is 3.21. The van der Waals surface area contributed by atoms with E-state index in [1.54, 1.807) is 0 Å². The average Bonchev–Trinajstić information content (AvgIpc) is 2.27. The molecule has 0 amide bonds. The molecule has 1 unspecified atom stereocenters. The van der Waals surface area contributed by atoms with Crippen molar-refractivity contribution in [3.63, 3.8) is 0 Å². The Morgan fingerprint density at radius 1 is 1.33 bits per heavy atom. The molecule has 8 heteroatoms. The van der Waals surface area contributed by atoms with Gasteiger partial charge in [0.15, 0.2) is 0 Å². The Kier molecular flexibility index (Phi) is 4.20. The van der Waals surface area contributed by atoms with Gasteiger partial charge in [-0.15, -0.1) is 0 Å². The standard InChI is InChI=1S/C10H8F5NO2/c11-5-7(12)3-6-1-2-8(16(17)18)4-9(6)10(13,14)15/h1-2,4,7H,3,5H2. The Hall–Kier alpha value is -1.73. The molecule has 0 aliphatic carbocycles. The van der Waals surface area contributed by atoms with E-state index in [1.807, 2.05) is 0 Å². The average molecular weight is 269 g/mol. The summed E-state index contributed by atoms with van der Waals surface area (Å²) in [5, 5.41) is 10.4. The third-order valence-electron chi connectivity index (χ3n) is 2.22. The number of halogens is 5. The highest BCUT2D eigenvalue weighted by Crippen LogP contribution is 2.35. The van der Waals surface area contributed by atoms with E-state index in [0.29, 0.717) is 6.07 Å². The fraction of sp³-hybridized carbons (Fsp3) is 0.400. The summed E-state index contributed by atoms with van der Waals surface area (Å²) in [5.41, 5.74) is -2.56. The monoisotopic (exact) mass is 269 g/mol. The molecule has 0 heterocycles. The molecule has 0 saturated heterocycles. The van der Waals surface area contributed by atoms with Crippen LogP contribution in [0.25, 0.3) is 0 Å². The largest absolute Gasteiger partial charge is 0.416 e. The summed E-state index contributed by atoms with van der Waals surface area (Å²) in [7, 11) is 0. The van der Waals surface area contributed by atoms with Gasteiger partial charge in [-0.05, 0) is 5.56 Å². The summed E-state index contributed by atoms with van der Waals surface area (Å²) < 4.78 is 62.5. The first-order valence-electron chi connectivity index (χ1n) is 4.80. The van der Waals surface area contributed by atoms with Crippen molar-refractivity contribution in [3.05, 3.63) is 39.4 Å². The molecule has 1 aromatic rings. The van der Waals surface area contributed by atoms with Crippen LogP contribution in [-0.4, -0.2) is 17.8 Å². The van der Waals surface area contributed by atoms with E-state index in [2.05, 4.69) is 0 Å². The molecule has 1 rings (SSSR count). The molecular weight excluding hydrogens is 261 g/mol. The number of hydrogen-bond acceptors (Lipinski definition) is 2. The lowest BCUT2D eigenvalue weighted by molar-refractivity contribution is -0.385. The zero-order chi connectivity index (χ0) is 13.9. The molecule has 3 nitrogen and oxygen atoms in total. The van der Waals surface area contributed by atoms with Gasteiger partial charge in [0.25, 0.3) is 5.69 Å². The van der Waals surface area contributed by atoms with Crippen molar-refractivity contribution in [3.8, 4) is 0 Å². The van der Waals surface area contributed by atoms with Crippen LogP contribution in [0.4, 0.5) is 27.6 Å². The SMILES string of the molecule is O=[N+]([O-])c1ccc(CC(F)CF)c(C(F)(F)F)c1. The minimum Gasteiger partial charge on any atom is -0.258 e. The maximum Gasteiger partial charge on any atom is 0.416 e. The second kappa shape index (κ2) is 5.28. The summed E-state index contributed by atoms with van der Waals surface area (Å²) in [5.74, 6) is 0. The second-order valence-electron chi connectivity index (χ2n) is 3.55. The molecule has 100 valence electrons. The molecule has 0 radical (unpaired) electrons. The molecule has 0 aliphatic rings. The van der Waals surface area contributed by atoms with Gasteiger partial charge in [-0.25, -0.2) is 8.78 Å². The number of nitro groups is 1. The zero-order valence-corrected chi connectivity index (χ0v) is 8.88. The number of non-ortho nitro benzene ring substituents is 1.